The first-order chi connectivity index (χ1) is 23.3. The minimum atomic E-state index is -0.789. The first kappa shape index (κ1) is 45.2. The molecule has 1 fully saturated rings. The van der Waals surface area contributed by atoms with Gasteiger partial charge in [-0.25, -0.2) is 14.4 Å². The molecule has 3 N–H and O–H groups in total. The third-order valence-corrected chi connectivity index (χ3v) is 7.32. The van der Waals surface area contributed by atoms with E-state index in [0.29, 0.717) is 19.3 Å². The third-order valence-electron chi connectivity index (χ3n) is 7.32. The summed E-state index contributed by atoms with van der Waals surface area (Å²) in [6.45, 7) is 21.5. The lowest BCUT2D eigenvalue weighted by molar-refractivity contribution is -0.166. The van der Waals surface area contributed by atoms with Gasteiger partial charge in [-0.3, -0.25) is 14.4 Å². The minimum absolute atomic E-state index is 0.114. The molecule has 3 amide bonds. The predicted octanol–water partition coefficient (Wildman–Crippen LogP) is 5.56. The zero-order valence-electron chi connectivity index (χ0n) is 32.7. The summed E-state index contributed by atoms with van der Waals surface area (Å²) in [5.74, 6) is -4.08. The maximum absolute atomic E-state index is 13.3. The molecule has 0 heterocycles. The number of hydrogen-bond acceptors (Lipinski definition) is 12. The van der Waals surface area contributed by atoms with Gasteiger partial charge in [0.2, 0.25) is 0 Å². The van der Waals surface area contributed by atoms with Gasteiger partial charge in [0, 0.05) is 38.9 Å². The Morgan fingerprint density at radius 2 is 0.686 bits per heavy atom. The van der Waals surface area contributed by atoms with Crippen molar-refractivity contribution in [3.8, 4) is 0 Å². The van der Waals surface area contributed by atoms with Crippen molar-refractivity contribution in [2.75, 3.05) is 19.6 Å². The van der Waals surface area contributed by atoms with Crippen LogP contribution in [0, 0.1) is 17.8 Å². The van der Waals surface area contributed by atoms with Crippen molar-refractivity contribution in [1.29, 1.82) is 0 Å². The van der Waals surface area contributed by atoms with Crippen molar-refractivity contribution in [2.45, 2.75) is 157 Å². The van der Waals surface area contributed by atoms with Crippen molar-refractivity contribution < 1.29 is 57.2 Å². The molecule has 3 unspecified atom stereocenters. The molecular weight excluding hydrogens is 666 g/mol. The van der Waals surface area contributed by atoms with Crippen molar-refractivity contribution in [1.82, 2.24) is 16.0 Å². The highest BCUT2D eigenvalue weighted by molar-refractivity contribution is 5.80. The minimum Gasteiger partial charge on any atom is -0.462 e. The summed E-state index contributed by atoms with van der Waals surface area (Å²) in [6, 6.07) is 0. The Hall–Kier alpha value is -3.78. The molecule has 3 atom stereocenters. The van der Waals surface area contributed by atoms with E-state index in [4.69, 9.17) is 28.4 Å². The molecule has 0 radical (unpaired) electrons. The second-order valence-corrected chi connectivity index (χ2v) is 16.2. The predicted molar refractivity (Wildman–Crippen MR) is 188 cm³/mol. The maximum Gasteiger partial charge on any atom is 0.407 e. The van der Waals surface area contributed by atoms with Crippen molar-refractivity contribution >= 4 is 36.2 Å². The van der Waals surface area contributed by atoms with Crippen molar-refractivity contribution in [3.63, 3.8) is 0 Å². The van der Waals surface area contributed by atoms with Crippen LogP contribution in [0.3, 0.4) is 0 Å². The molecule has 0 aliphatic heterocycles. The van der Waals surface area contributed by atoms with E-state index in [1.165, 1.54) is 0 Å². The second-order valence-electron chi connectivity index (χ2n) is 16.2. The van der Waals surface area contributed by atoms with Crippen LogP contribution in [-0.2, 0) is 42.8 Å². The van der Waals surface area contributed by atoms with E-state index in [9.17, 15) is 28.8 Å². The molecule has 0 aromatic heterocycles. The Kier molecular flexibility index (Phi) is 18.0. The average Bonchev–Trinajstić information content (AvgIpc) is 2.93. The van der Waals surface area contributed by atoms with Crippen LogP contribution >= 0.6 is 0 Å². The Labute approximate surface area is 303 Å². The van der Waals surface area contributed by atoms with Gasteiger partial charge in [0.25, 0.3) is 0 Å². The Balaban J connectivity index is 2.87. The fourth-order valence-corrected chi connectivity index (χ4v) is 5.03. The van der Waals surface area contributed by atoms with Crippen LogP contribution in [0.15, 0.2) is 0 Å². The first-order valence-corrected chi connectivity index (χ1v) is 17.9. The topological polar surface area (TPSA) is 194 Å². The molecule has 1 rings (SSSR count). The Morgan fingerprint density at radius 1 is 0.471 bits per heavy atom. The van der Waals surface area contributed by atoms with Crippen molar-refractivity contribution in [3.05, 3.63) is 0 Å². The molecule has 15 nitrogen and oxygen atoms in total. The van der Waals surface area contributed by atoms with Gasteiger partial charge in [0.1, 0.15) is 35.1 Å². The van der Waals surface area contributed by atoms with E-state index >= 15 is 0 Å². The van der Waals surface area contributed by atoms with Crippen LogP contribution in [0.4, 0.5) is 14.4 Å². The molecule has 51 heavy (non-hydrogen) atoms. The molecule has 0 bridgehead atoms. The van der Waals surface area contributed by atoms with Gasteiger partial charge in [0.05, 0.1) is 17.8 Å². The fourth-order valence-electron chi connectivity index (χ4n) is 5.03. The van der Waals surface area contributed by atoms with E-state index < -0.39 is 89.1 Å². The molecule has 294 valence electrons. The number of alkyl carbamates (subject to hydrolysis) is 3. The van der Waals surface area contributed by atoms with Gasteiger partial charge in [-0.2, -0.15) is 0 Å². The van der Waals surface area contributed by atoms with Crippen LogP contribution in [0.1, 0.15) is 122 Å². The van der Waals surface area contributed by atoms with Crippen LogP contribution < -0.4 is 16.0 Å². The molecule has 0 spiro atoms. The van der Waals surface area contributed by atoms with E-state index in [0.717, 1.165) is 0 Å². The lowest BCUT2D eigenvalue weighted by atomic mass is 9.75. The zero-order chi connectivity index (χ0) is 39.2. The lowest BCUT2D eigenvalue weighted by Gasteiger charge is -2.33. The summed E-state index contributed by atoms with van der Waals surface area (Å²) in [5.41, 5.74) is -1.95. The molecule has 0 aromatic rings. The SMILES string of the molecule is CC(CCNC(=O)OC(C)(C)C)OC(=O)[C@H]1C[C@@H](C(=O)OC(C)CCNC(=O)OC(C)(C)C)C[C@@H](C(=O)OC(C)CCNC(=O)OC(C)(C)C)C1. The summed E-state index contributed by atoms with van der Waals surface area (Å²) < 4.78 is 32.7. The van der Waals surface area contributed by atoms with Gasteiger partial charge >= 0.3 is 36.2 Å². The van der Waals surface area contributed by atoms with Crippen LogP contribution in [-0.4, -0.2) is 90.9 Å². The molecular formula is C36H63N3O12. The van der Waals surface area contributed by atoms with E-state index in [-0.39, 0.29) is 38.9 Å². The summed E-state index contributed by atoms with van der Waals surface area (Å²) in [5, 5.41) is 7.89. The summed E-state index contributed by atoms with van der Waals surface area (Å²) in [7, 11) is 0. The highest BCUT2D eigenvalue weighted by atomic mass is 16.6. The average molecular weight is 730 g/mol. The summed E-state index contributed by atoms with van der Waals surface area (Å²) >= 11 is 0. The van der Waals surface area contributed by atoms with E-state index in [1.807, 2.05) is 0 Å². The van der Waals surface area contributed by atoms with Crippen molar-refractivity contribution in [2.24, 2.45) is 17.8 Å². The highest BCUT2D eigenvalue weighted by Gasteiger charge is 2.42. The molecule has 1 aliphatic carbocycles. The fraction of sp³-hybridized carbons (Fsp3) is 0.833. The standard InChI is InChI=1S/C36H63N3O12/c1-22(13-16-37-31(43)49-34(4,5)6)46-28(40)25-19-26(29(41)47-23(2)14-17-38-32(44)50-35(7,8)9)21-27(20-25)30(42)48-24(3)15-18-39-33(45)51-36(10,11)12/h22-27H,13-21H2,1-12H3,(H,37,43)(H,38,44)(H,39,45)/t22?,23?,24?,25-,26+,27-. The third kappa shape index (κ3) is 21.2. The number of nitrogens with one attached hydrogen (secondary N) is 3. The zero-order valence-corrected chi connectivity index (χ0v) is 32.7. The number of rotatable bonds is 15. The van der Waals surface area contributed by atoms with Gasteiger partial charge in [0.15, 0.2) is 0 Å². The maximum atomic E-state index is 13.3. The smallest absolute Gasteiger partial charge is 0.407 e. The van der Waals surface area contributed by atoms with Crippen LogP contribution in [0.25, 0.3) is 0 Å². The van der Waals surface area contributed by atoms with Crippen LogP contribution in [0.5, 0.6) is 0 Å². The molecule has 1 saturated carbocycles. The molecule has 15 heteroatoms. The summed E-state index contributed by atoms with van der Waals surface area (Å²) in [4.78, 5) is 75.9. The number of carbonyl (C=O) groups excluding carboxylic acids is 6. The largest absolute Gasteiger partial charge is 0.462 e. The number of hydrogen-bond donors (Lipinski definition) is 3. The number of esters is 3. The van der Waals surface area contributed by atoms with E-state index in [1.54, 1.807) is 83.1 Å². The monoisotopic (exact) mass is 729 g/mol. The Morgan fingerprint density at radius 3 is 0.882 bits per heavy atom. The highest BCUT2D eigenvalue weighted by Crippen LogP contribution is 2.36. The molecule has 0 aromatic carbocycles. The van der Waals surface area contributed by atoms with Gasteiger partial charge < -0.3 is 44.4 Å². The lowest BCUT2D eigenvalue weighted by Crippen LogP contribution is -2.40. The number of carbonyl (C=O) groups is 6. The van der Waals surface area contributed by atoms with Crippen LogP contribution in [0.2, 0.25) is 0 Å². The summed E-state index contributed by atoms with van der Waals surface area (Å²) in [6.07, 6.45) is -2.16. The number of ether oxygens (including phenoxy) is 6. The number of amides is 3. The quantitative estimate of drug-likeness (QED) is 0.141. The second kappa shape index (κ2) is 20.3. The normalized spacial score (nSPS) is 19.6. The van der Waals surface area contributed by atoms with Gasteiger partial charge in [-0.05, 0) is 102 Å². The molecule has 0 saturated heterocycles. The Bertz CT molecular complexity index is 1020. The van der Waals surface area contributed by atoms with Gasteiger partial charge in [-0.15, -0.1) is 0 Å². The molecule has 1 aliphatic rings. The first-order valence-electron chi connectivity index (χ1n) is 17.9. The van der Waals surface area contributed by atoms with E-state index in [2.05, 4.69) is 16.0 Å². The van der Waals surface area contributed by atoms with Gasteiger partial charge in [-0.1, -0.05) is 0 Å².